The highest BCUT2D eigenvalue weighted by molar-refractivity contribution is 5.72. The summed E-state index contributed by atoms with van der Waals surface area (Å²) in [5.74, 6) is 2.25. The monoisotopic (exact) mass is 333 g/mol. The zero-order valence-electron chi connectivity index (χ0n) is 14.5. The number of hydrogen-bond donors (Lipinski definition) is 1. The van der Waals surface area contributed by atoms with Gasteiger partial charge in [-0.25, -0.2) is 19.9 Å². The third-order valence-corrected chi connectivity index (χ3v) is 4.48. The fraction of sp³-hybridized carbons (Fsp3) is 0.263. The second-order valence-corrected chi connectivity index (χ2v) is 6.18. The number of hydrogen-bond acceptors (Lipinski definition) is 6. The highest BCUT2D eigenvalue weighted by Gasteiger charge is 2.18. The highest BCUT2D eigenvalue weighted by Crippen LogP contribution is 2.34. The molecule has 1 aliphatic rings. The lowest BCUT2D eigenvalue weighted by atomic mass is 9.98. The molecule has 0 bridgehead atoms. The summed E-state index contributed by atoms with van der Waals surface area (Å²) in [5, 5.41) is 3.24. The van der Waals surface area contributed by atoms with Gasteiger partial charge in [0.15, 0.2) is 0 Å². The number of fused-ring (bicyclic) bond motifs is 1. The molecule has 1 aromatic carbocycles. The van der Waals surface area contributed by atoms with Gasteiger partial charge in [-0.2, -0.15) is 0 Å². The van der Waals surface area contributed by atoms with Gasteiger partial charge in [0.25, 0.3) is 0 Å². The number of aromatic nitrogens is 4. The van der Waals surface area contributed by atoms with Crippen LogP contribution in [0.5, 0.6) is 11.6 Å². The van der Waals surface area contributed by atoms with Gasteiger partial charge >= 0.3 is 0 Å². The van der Waals surface area contributed by atoms with E-state index in [0.29, 0.717) is 5.88 Å². The molecule has 1 N–H and O–H groups in total. The van der Waals surface area contributed by atoms with Gasteiger partial charge in [-0.05, 0) is 50.5 Å². The van der Waals surface area contributed by atoms with Gasteiger partial charge in [0.1, 0.15) is 24.2 Å². The molecule has 0 radical (unpaired) electrons. The normalized spacial score (nSPS) is 12.6. The molecule has 0 saturated carbocycles. The summed E-state index contributed by atoms with van der Waals surface area (Å²) in [4.78, 5) is 17.2. The van der Waals surface area contributed by atoms with Crippen molar-refractivity contribution < 1.29 is 4.74 Å². The van der Waals surface area contributed by atoms with Crippen molar-refractivity contribution in [3.63, 3.8) is 0 Å². The Hall–Kier alpha value is -3.02. The predicted molar refractivity (Wildman–Crippen MR) is 96.0 cm³/mol. The second-order valence-electron chi connectivity index (χ2n) is 6.18. The zero-order chi connectivity index (χ0) is 17.4. The molecule has 0 saturated heterocycles. The van der Waals surface area contributed by atoms with Crippen LogP contribution in [0.25, 0.3) is 11.1 Å². The van der Waals surface area contributed by atoms with E-state index < -0.39 is 0 Å². The molecule has 0 amide bonds. The van der Waals surface area contributed by atoms with E-state index in [1.165, 1.54) is 6.33 Å². The third-order valence-electron chi connectivity index (χ3n) is 4.48. The van der Waals surface area contributed by atoms with Gasteiger partial charge in [-0.1, -0.05) is 6.07 Å². The number of ether oxygens (including phenoxy) is 1. The molecule has 0 unspecified atom stereocenters. The average molecular weight is 333 g/mol. The van der Waals surface area contributed by atoms with Crippen molar-refractivity contribution in [3.8, 4) is 22.8 Å². The predicted octanol–water partition coefficient (Wildman–Crippen LogP) is 3.62. The molecule has 0 spiro atoms. The van der Waals surface area contributed by atoms with E-state index in [-0.39, 0.29) is 0 Å². The van der Waals surface area contributed by atoms with Gasteiger partial charge in [-0.3, -0.25) is 0 Å². The Morgan fingerprint density at radius 1 is 0.960 bits per heavy atom. The number of rotatable bonds is 3. The summed E-state index contributed by atoms with van der Waals surface area (Å²) in [7, 11) is 0. The van der Waals surface area contributed by atoms with Crippen LogP contribution in [0.4, 0.5) is 5.82 Å². The van der Waals surface area contributed by atoms with Crippen LogP contribution in [-0.2, 0) is 6.42 Å². The largest absolute Gasteiger partial charge is 0.439 e. The first kappa shape index (κ1) is 15.5. The quantitative estimate of drug-likeness (QED) is 0.789. The van der Waals surface area contributed by atoms with E-state index in [1.807, 2.05) is 26.0 Å². The topological polar surface area (TPSA) is 72.8 Å². The third kappa shape index (κ3) is 2.80. The molecule has 126 valence electrons. The Morgan fingerprint density at radius 3 is 2.48 bits per heavy atom. The van der Waals surface area contributed by atoms with E-state index in [1.54, 1.807) is 6.33 Å². The minimum atomic E-state index is 0.623. The van der Waals surface area contributed by atoms with Crippen molar-refractivity contribution in [1.82, 2.24) is 19.9 Å². The van der Waals surface area contributed by atoms with E-state index in [9.17, 15) is 0 Å². The van der Waals surface area contributed by atoms with Crippen LogP contribution in [0.1, 0.15) is 22.5 Å². The second kappa shape index (κ2) is 6.12. The Bertz CT molecular complexity index is 934. The van der Waals surface area contributed by atoms with Crippen LogP contribution in [0.15, 0.2) is 30.9 Å². The molecule has 0 fully saturated rings. The molecule has 6 heteroatoms. The summed E-state index contributed by atoms with van der Waals surface area (Å²) in [5.41, 5.74) is 6.30. The molecule has 2 aromatic heterocycles. The first-order chi connectivity index (χ1) is 12.1. The van der Waals surface area contributed by atoms with Gasteiger partial charge in [-0.15, -0.1) is 0 Å². The summed E-state index contributed by atoms with van der Waals surface area (Å²) in [6.07, 6.45) is 4.01. The molecule has 25 heavy (non-hydrogen) atoms. The number of anilines is 1. The smallest absolute Gasteiger partial charge is 0.227 e. The Morgan fingerprint density at radius 2 is 1.72 bits per heavy atom. The molecule has 3 heterocycles. The maximum atomic E-state index is 6.03. The number of nitrogens with zero attached hydrogens (tertiary/aromatic N) is 4. The summed E-state index contributed by atoms with van der Waals surface area (Å²) >= 11 is 0. The standard InChI is InChI=1S/C19H19N5O/c1-11-8-14(25-19-16-6-7-20-18(16)23-10-24-19)4-5-15(11)17-12(2)21-9-22-13(17)3/h4-5,8-10H,6-7H2,1-3H3,(H,20,23,24). The molecule has 4 rings (SSSR count). The first-order valence-electron chi connectivity index (χ1n) is 8.28. The molecule has 0 atom stereocenters. The average Bonchev–Trinajstić information content (AvgIpc) is 3.06. The molecule has 0 aliphatic carbocycles. The van der Waals surface area contributed by atoms with Crippen molar-refractivity contribution in [2.75, 3.05) is 11.9 Å². The van der Waals surface area contributed by atoms with Gasteiger partial charge < -0.3 is 10.1 Å². The lowest BCUT2D eigenvalue weighted by molar-refractivity contribution is 0.456. The van der Waals surface area contributed by atoms with E-state index >= 15 is 0 Å². The van der Waals surface area contributed by atoms with Crippen LogP contribution in [0.3, 0.4) is 0 Å². The Kier molecular flexibility index (Phi) is 3.80. The summed E-state index contributed by atoms with van der Waals surface area (Å²) < 4.78 is 6.03. The Labute approximate surface area is 146 Å². The zero-order valence-corrected chi connectivity index (χ0v) is 14.5. The van der Waals surface area contributed by atoms with Crippen LogP contribution in [0.2, 0.25) is 0 Å². The van der Waals surface area contributed by atoms with Crippen molar-refractivity contribution in [2.45, 2.75) is 27.2 Å². The van der Waals surface area contributed by atoms with Gasteiger partial charge in [0.2, 0.25) is 5.88 Å². The van der Waals surface area contributed by atoms with Crippen molar-refractivity contribution in [2.24, 2.45) is 0 Å². The van der Waals surface area contributed by atoms with Gasteiger partial charge in [0.05, 0.1) is 5.56 Å². The number of benzene rings is 1. The van der Waals surface area contributed by atoms with Crippen LogP contribution in [0, 0.1) is 20.8 Å². The molecular weight excluding hydrogens is 314 g/mol. The highest BCUT2D eigenvalue weighted by atomic mass is 16.5. The van der Waals surface area contributed by atoms with Crippen molar-refractivity contribution in [1.29, 1.82) is 0 Å². The van der Waals surface area contributed by atoms with Crippen LogP contribution >= 0.6 is 0 Å². The summed E-state index contributed by atoms with van der Waals surface area (Å²) in [6, 6.07) is 6.05. The lowest BCUT2D eigenvalue weighted by Crippen LogP contribution is -1.98. The van der Waals surface area contributed by atoms with Crippen molar-refractivity contribution >= 4 is 5.82 Å². The van der Waals surface area contributed by atoms with Crippen LogP contribution < -0.4 is 10.1 Å². The molecule has 6 nitrogen and oxygen atoms in total. The van der Waals surface area contributed by atoms with E-state index in [4.69, 9.17) is 4.74 Å². The minimum absolute atomic E-state index is 0.623. The Balaban J connectivity index is 1.68. The number of nitrogens with one attached hydrogen (secondary N) is 1. The number of aryl methyl sites for hydroxylation is 3. The first-order valence-corrected chi connectivity index (χ1v) is 8.28. The lowest BCUT2D eigenvalue weighted by Gasteiger charge is -2.13. The maximum absolute atomic E-state index is 6.03. The fourth-order valence-corrected chi connectivity index (χ4v) is 3.24. The van der Waals surface area contributed by atoms with Gasteiger partial charge in [0, 0.05) is 23.5 Å². The fourth-order valence-electron chi connectivity index (χ4n) is 3.24. The summed E-state index contributed by atoms with van der Waals surface area (Å²) in [6.45, 7) is 6.95. The maximum Gasteiger partial charge on any atom is 0.227 e. The molecule has 1 aliphatic heterocycles. The molecular formula is C19H19N5O. The SMILES string of the molecule is Cc1cc(Oc2ncnc3c2CCN3)ccc1-c1c(C)ncnc1C. The van der Waals surface area contributed by atoms with Crippen molar-refractivity contribution in [3.05, 3.63) is 53.4 Å². The van der Waals surface area contributed by atoms with E-state index in [2.05, 4.69) is 38.2 Å². The molecule has 3 aromatic rings. The van der Waals surface area contributed by atoms with Crippen LogP contribution in [-0.4, -0.2) is 26.5 Å². The van der Waals surface area contributed by atoms with E-state index in [0.717, 1.165) is 58.2 Å². The minimum Gasteiger partial charge on any atom is -0.439 e.